The normalized spacial score (nSPS) is 12.3. The summed E-state index contributed by atoms with van der Waals surface area (Å²) in [6.45, 7) is 1.68. The molecule has 3 nitrogen and oxygen atoms in total. The summed E-state index contributed by atoms with van der Waals surface area (Å²) in [5, 5.41) is 8.19. The topological polar surface area (TPSA) is 38.9 Å². The Kier molecular flexibility index (Phi) is 4.63. The smallest absolute Gasteiger partial charge is 0.277 e. The van der Waals surface area contributed by atoms with Gasteiger partial charge < -0.3 is 4.42 Å². The van der Waals surface area contributed by atoms with Crippen molar-refractivity contribution in [2.24, 2.45) is 0 Å². The first kappa shape index (κ1) is 16.0. The van der Waals surface area contributed by atoms with Crippen molar-refractivity contribution in [2.45, 2.75) is 17.4 Å². The van der Waals surface area contributed by atoms with Crippen molar-refractivity contribution in [2.75, 3.05) is 0 Å². The average Bonchev–Trinajstić information content (AvgIpc) is 2.96. The van der Waals surface area contributed by atoms with E-state index in [0.29, 0.717) is 10.9 Å². The molecule has 0 aliphatic carbocycles. The van der Waals surface area contributed by atoms with Gasteiger partial charge in [-0.15, -0.1) is 10.2 Å². The van der Waals surface area contributed by atoms with E-state index in [-0.39, 0.29) is 10.8 Å². The van der Waals surface area contributed by atoms with Crippen LogP contribution in [0.25, 0.3) is 11.5 Å². The van der Waals surface area contributed by atoms with E-state index < -0.39 is 16.9 Å². The zero-order chi connectivity index (χ0) is 16.4. The van der Waals surface area contributed by atoms with Crippen LogP contribution < -0.4 is 0 Å². The van der Waals surface area contributed by atoms with E-state index in [1.54, 1.807) is 31.2 Å². The Labute approximate surface area is 140 Å². The highest BCUT2D eigenvalue weighted by Crippen LogP contribution is 2.37. The summed E-state index contributed by atoms with van der Waals surface area (Å²) in [5.74, 6) is -0.866. The maximum Gasteiger partial charge on any atom is 0.277 e. The minimum absolute atomic E-state index is 0.0104. The van der Waals surface area contributed by atoms with Crippen LogP contribution in [-0.2, 0) is 0 Å². The summed E-state index contributed by atoms with van der Waals surface area (Å²) in [4.78, 5) is 0. The third kappa shape index (κ3) is 3.54. The number of aromatic nitrogens is 2. The Morgan fingerprint density at radius 2 is 1.70 bits per heavy atom. The molecule has 7 heteroatoms. The fraction of sp³-hybridized carbons (Fsp3) is 0.125. The van der Waals surface area contributed by atoms with Crippen LogP contribution in [0.5, 0.6) is 0 Å². The molecule has 3 aromatic rings. The van der Waals surface area contributed by atoms with Crippen molar-refractivity contribution in [3.8, 4) is 11.5 Å². The molecule has 0 amide bonds. The first-order valence-electron chi connectivity index (χ1n) is 6.74. The zero-order valence-corrected chi connectivity index (χ0v) is 13.5. The van der Waals surface area contributed by atoms with Crippen LogP contribution in [0.15, 0.2) is 52.1 Å². The molecule has 1 unspecified atom stereocenters. The van der Waals surface area contributed by atoms with Gasteiger partial charge in [0, 0.05) is 21.4 Å². The van der Waals surface area contributed by atoms with Crippen LogP contribution in [0.1, 0.15) is 17.7 Å². The van der Waals surface area contributed by atoms with Gasteiger partial charge in [-0.25, -0.2) is 8.78 Å². The quantitative estimate of drug-likeness (QED) is 0.579. The fourth-order valence-electron chi connectivity index (χ4n) is 2.08. The zero-order valence-electron chi connectivity index (χ0n) is 12.0. The Balaban J connectivity index is 1.80. The first-order valence-corrected chi connectivity index (χ1v) is 8.00. The highest BCUT2D eigenvalue weighted by atomic mass is 35.5. The highest BCUT2D eigenvalue weighted by molar-refractivity contribution is 7.99. The number of nitrogens with zero attached hydrogens (tertiary/aromatic N) is 2. The summed E-state index contributed by atoms with van der Waals surface area (Å²) < 4.78 is 33.1. The molecule has 0 saturated heterocycles. The Morgan fingerprint density at radius 3 is 2.35 bits per heavy atom. The lowest BCUT2D eigenvalue weighted by atomic mass is 10.1. The SMILES string of the molecule is CC(Sc1nnc(-c2ccc(Cl)cc2)o1)c1c(F)cccc1F. The predicted molar refractivity (Wildman–Crippen MR) is 85.4 cm³/mol. The summed E-state index contributed by atoms with van der Waals surface area (Å²) >= 11 is 6.93. The summed E-state index contributed by atoms with van der Waals surface area (Å²) in [5.41, 5.74) is 0.710. The van der Waals surface area contributed by atoms with Crippen LogP contribution in [0.2, 0.25) is 5.02 Å². The molecule has 2 aromatic carbocycles. The van der Waals surface area contributed by atoms with Gasteiger partial charge in [0.2, 0.25) is 5.89 Å². The second-order valence-electron chi connectivity index (χ2n) is 4.78. The molecule has 0 aliphatic heterocycles. The molecule has 3 rings (SSSR count). The molecule has 23 heavy (non-hydrogen) atoms. The lowest BCUT2D eigenvalue weighted by molar-refractivity contribution is 0.464. The summed E-state index contributed by atoms with van der Waals surface area (Å²) in [6.07, 6.45) is 0. The van der Waals surface area contributed by atoms with Gasteiger partial charge in [0.1, 0.15) is 11.6 Å². The molecule has 1 atom stereocenters. The molecule has 0 radical (unpaired) electrons. The van der Waals surface area contributed by atoms with Gasteiger partial charge >= 0.3 is 0 Å². The van der Waals surface area contributed by atoms with Crippen molar-refractivity contribution in [1.29, 1.82) is 0 Å². The molecule has 118 valence electrons. The van der Waals surface area contributed by atoms with E-state index in [0.717, 1.165) is 17.3 Å². The number of benzene rings is 2. The second kappa shape index (κ2) is 6.68. The van der Waals surface area contributed by atoms with Gasteiger partial charge in [0.05, 0.1) is 0 Å². The van der Waals surface area contributed by atoms with E-state index in [1.807, 2.05) is 0 Å². The van der Waals surface area contributed by atoms with Gasteiger partial charge in [-0.1, -0.05) is 29.4 Å². The fourth-order valence-corrected chi connectivity index (χ4v) is 3.06. The molecule has 1 aromatic heterocycles. The van der Waals surface area contributed by atoms with Gasteiger partial charge in [0.25, 0.3) is 5.22 Å². The number of rotatable bonds is 4. The molecular weight excluding hydrogens is 342 g/mol. The molecular formula is C16H11ClF2N2OS. The van der Waals surface area contributed by atoms with E-state index in [9.17, 15) is 8.78 Å². The molecule has 0 spiro atoms. The minimum Gasteiger partial charge on any atom is -0.411 e. The highest BCUT2D eigenvalue weighted by Gasteiger charge is 2.20. The van der Waals surface area contributed by atoms with Gasteiger partial charge in [0.15, 0.2) is 0 Å². The Hall–Kier alpha value is -1.92. The van der Waals surface area contributed by atoms with Crippen LogP contribution in [-0.4, -0.2) is 10.2 Å². The van der Waals surface area contributed by atoms with Gasteiger partial charge in [-0.2, -0.15) is 0 Å². The molecule has 0 fully saturated rings. The maximum atomic E-state index is 13.8. The monoisotopic (exact) mass is 352 g/mol. The number of hydrogen-bond donors (Lipinski definition) is 0. The second-order valence-corrected chi connectivity index (χ2v) is 6.50. The van der Waals surface area contributed by atoms with Crippen LogP contribution in [0.4, 0.5) is 8.78 Å². The number of thioether (sulfide) groups is 1. The van der Waals surface area contributed by atoms with Crippen LogP contribution >= 0.6 is 23.4 Å². The van der Waals surface area contributed by atoms with Crippen molar-refractivity contribution in [3.05, 3.63) is 64.7 Å². The summed E-state index contributed by atoms with van der Waals surface area (Å²) in [6, 6.07) is 10.7. The molecule has 0 aliphatic rings. The molecule has 0 N–H and O–H groups in total. The van der Waals surface area contributed by atoms with E-state index in [2.05, 4.69) is 10.2 Å². The van der Waals surface area contributed by atoms with Gasteiger partial charge in [-0.05, 0) is 43.3 Å². The van der Waals surface area contributed by atoms with Crippen molar-refractivity contribution < 1.29 is 13.2 Å². The number of halogens is 3. The Bertz CT molecular complexity index is 803. The van der Waals surface area contributed by atoms with Crippen molar-refractivity contribution >= 4 is 23.4 Å². The predicted octanol–water partition coefficient (Wildman–Crippen LogP) is 5.52. The molecule has 1 heterocycles. The van der Waals surface area contributed by atoms with Crippen LogP contribution in [0.3, 0.4) is 0 Å². The standard InChI is InChI=1S/C16H11ClF2N2OS/c1-9(14-12(18)3-2-4-13(14)19)23-16-21-20-15(22-16)10-5-7-11(17)8-6-10/h2-9H,1H3. The molecule has 0 bridgehead atoms. The number of hydrogen-bond acceptors (Lipinski definition) is 4. The first-order chi connectivity index (χ1) is 11.0. The molecule has 0 saturated carbocycles. The van der Waals surface area contributed by atoms with Crippen molar-refractivity contribution in [1.82, 2.24) is 10.2 Å². The van der Waals surface area contributed by atoms with E-state index in [1.165, 1.54) is 18.2 Å². The third-order valence-corrected chi connectivity index (χ3v) is 4.39. The van der Waals surface area contributed by atoms with Crippen LogP contribution in [0, 0.1) is 11.6 Å². The lowest BCUT2D eigenvalue weighted by Crippen LogP contribution is -1.97. The maximum absolute atomic E-state index is 13.8. The third-order valence-electron chi connectivity index (χ3n) is 3.18. The largest absolute Gasteiger partial charge is 0.411 e. The Morgan fingerprint density at radius 1 is 1.04 bits per heavy atom. The lowest BCUT2D eigenvalue weighted by Gasteiger charge is -2.10. The average molecular weight is 353 g/mol. The van der Waals surface area contributed by atoms with Gasteiger partial charge in [-0.3, -0.25) is 0 Å². The van der Waals surface area contributed by atoms with E-state index in [4.69, 9.17) is 16.0 Å². The summed E-state index contributed by atoms with van der Waals surface area (Å²) in [7, 11) is 0. The van der Waals surface area contributed by atoms with Crippen molar-refractivity contribution in [3.63, 3.8) is 0 Å². The minimum atomic E-state index is -0.595. The van der Waals surface area contributed by atoms with E-state index >= 15 is 0 Å².